The highest BCUT2D eigenvalue weighted by molar-refractivity contribution is 5.89. The molecular weight excluding hydrogens is 528 g/mol. The minimum Gasteiger partial charge on any atom is -0.478 e. The molecular formula is C32H54O9. The molecule has 0 atom stereocenters. The van der Waals surface area contributed by atoms with Crippen molar-refractivity contribution in [3.05, 3.63) is 50.6 Å². The topological polar surface area (TPSA) is 136 Å². The number of carboxylic acids is 1. The third-order valence-electron chi connectivity index (χ3n) is 7.12. The third-order valence-corrected chi connectivity index (χ3v) is 7.12. The number of carbonyl (C=O) groups is 4. The van der Waals surface area contributed by atoms with Gasteiger partial charge in [-0.2, -0.15) is 0 Å². The normalized spacial score (nSPS) is 10.6. The van der Waals surface area contributed by atoms with Crippen LogP contribution in [0.5, 0.6) is 0 Å². The Morgan fingerprint density at radius 2 is 1.07 bits per heavy atom. The van der Waals surface area contributed by atoms with Crippen LogP contribution in [0.4, 0.5) is 0 Å². The molecule has 0 heterocycles. The summed E-state index contributed by atoms with van der Waals surface area (Å²) in [7, 11) is 0. The van der Waals surface area contributed by atoms with E-state index in [0.717, 1.165) is 44.4 Å². The molecule has 0 spiro atoms. The molecule has 0 amide bonds. The van der Waals surface area contributed by atoms with Gasteiger partial charge in [-0.3, -0.25) is 9.59 Å². The maximum atomic E-state index is 11.5. The molecule has 0 bridgehead atoms. The average molecular weight is 583 g/mol. The lowest BCUT2D eigenvalue weighted by molar-refractivity contribution is -0.140. The van der Waals surface area contributed by atoms with Gasteiger partial charge < -0.3 is 24.4 Å². The highest BCUT2D eigenvalue weighted by Gasteiger charge is 2.29. The molecule has 0 unspecified atom stereocenters. The number of carboxylic acid groups (broad SMARTS) is 1. The molecule has 0 aliphatic carbocycles. The zero-order valence-electron chi connectivity index (χ0n) is 25.8. The smallest absolute Gasteiger partial charge is 0.330 e. The van der Waals surface area contributed by atoms with Crippen molar-refractivity contribution in [2.75, 3.05) is 39.6 Å². The standard InChI is InChI=1S/C19H28O5.C10H22O2.C3H4O2/c1-5-16(20)9-11-19(8-4,12-10-17(21)6-2)15-23-13-14-24-18(22)7-3;1-4-10(5-2,6-3)9-12-8-7-11;1-2-3(4)5/h5-7H,1-3,8-15H2,4H3;11H,4-9H2,1-3H3;2H,1H2,(H,4,5). The zero-order chi connectivity index (χ0) is 32.2. The summed E-state index contributed by atoms with van der Waals surface area (Å²) < 4.78 is 15.9. The van der Waals surface area contributed by atoms with Gasteiger partial charge in [0.25, 0.3) is 0 Å². The number of aliphatic carboxylic acids is 1. The number of esters is 1. The van der Waals surface area contributed by atoms with Gasteiger partial charge in [-0.1, -0.05) is 54.0 Å². The highest BCUT2D eigenvalue weighted by atomic mass is 16.6. The van der Waals surface area contributed by atoms with Crippen LogP contribution in [0.3, 0.4) is 0 Å². The predicted molar refractivity (Wildman–Crippen MR) is 163 cm³/mol. The first-order valence-electron chi connectivity index (χ1n) is 14.2. The van der Waals surface area contributed by atoms with Gasteiger partial charge in [-0.25, -0.2) is 9.59 Å². The molecule has 41 heavy (non-hydrogen) atoms. The van der Waals surface area contributed by atoms with Crippen molar-refractivity contribution < 1.29 is 43.6 Å². The molecule has 2 N–H and O–H groups in total. The van der Waals surface area contributed by atoms with Crippen LogP contribution in [0.25, 0.3) is 0 Å². The Morgan fingerprint density at radius 3 is 1.41 bits per heavy atom. The number of ketones is 2. The fourth-order valence-electron chi connectivity index (χ4n) is 3.66. The van der Waals surface area contributed by atoms with E-state index < -0.39 is 11.9 Å². The number of carbonyl (C=O) groups excluding carboxylic acids is 3. The Bertz CT molecular complexity index is 750. The highest BCUT2D eigenvalue weighted by Crippen LogP contribution is 2.34. The van der Waals surface area contributed by atoms with E-state index >= 15 is 0 Å². The molecule has 0 aromatic rings. The van der Waals surface area contributed by atoms with E-state index in [1.165, 1.54) is 12.2 Å². The number of hydrogen-bond donors (Lipinski definition) is 2. The second kappa shape index (κ2) is 27.3. The van der Waals surface area contributed by atoms with Crippen LogP contribution in [0.1, 0.15) is 79.1 Å². The van der Waals surface area contributed by atoms with Gasteiger partial charge in [0.15, 0.2) is 11.6 Å². The molecule has 0 aromatic heterocycles. The van der Waals surface area contributed by atoms with Crippen LogP contribution in [0.2, 0.25) is 0 Å². The molecule has 0 rings (SSSR count). The summed E-state index contributed by atoms with van der Waals surface area (Å²) in [5, 5.41) is 16.2. The zero-order valence-corrected chi connectivity index (χ0v) is 25.8. The van der Waals surface area contributed by atoms with Crippen molar-refractivity contribution in [3.63, 3.8) is 0 Å². The Kier molecular flexibility index (Phi) is 28.4. The van der Waals surface area contributed by atoms with Crippen LogP contribution in [-0.2, 0) is 33.4 Å². The first-order valence-corrected chi connectivity index (χ1v) is 14.2. The molecule has 0 aromatic carbocycles. The fraction of sp³-hybridized carbons (Fsp3) is 0.625. The van der Waals surface area contributed by atoms with E-state index in [4.69, 9.17) is 24.4 Å². The summed E-state index contributed by atoms with van der Waals surface area (Å²) >= 11 is 0. The average Bonchev–Trinajstić information content (AvgIpc) is 3.00. The van der Waals surface area contributed by atoms with Crippen molar-refractivity contribution in [1.29, 1.82) is 0 Å². The molecule has 0 radical (unpaired) electrons. The minimum atomic E-state index is -0.981. The maximum Gasteiger partial charge on any atom is 0.330 e. The Labute approximate surface area is 247 Å². The molecule has 0 saturated carbocycles. The quantitative estimate of drug-likeness (QED) is 0.0887. The van der Waals surface area contributed by atoms with Gasteiger partial charge in [0.1, 0.15) is 6.61 Å². The number of aliphatic hydroxyl groups excluding tert-OH is 1. The SMILES string of the molecule is C=CC(=O)CCC(CC)(CCC(=O)C=C)COCCOC(=O)C=C.C=CC(=O)O.CCC(CC)(CC)COCCO. The van der Waals surface area contributed by atoms with Gasteiger partial charge in [-0.05, 0) is 61.5 Å². The van der Waals surface area contributed by atoms with Crippen LogP contribution < -0.4 is 0 Å². The van der Waals surface area contributed by atoms with E-state index in [9.17, 15) is 19.2 Å². The summed E-state index contributed by atoms with van der Waals surface area (Å²) in [5.74, 6) is -1.52. The lowest BCUT2D eigenvalue weighted by atomic mass is 9.76. The number of aliphatic hydroxyl groups is 1. The van der Waals surface area contributed by atoms with E-state index in [2.05, 4.69) is 47.1 Å². The Balaban J connectivity index is -0.000000700. The molecule has 236 valence electrons. The van der Waals surface area contributed by atoms with E-state index in [1.54, 1.807) is 0 Å². The van der Waals surface area contributed by atoms with E-state index in [-0.39, 0.29) is 36.8 Å². The van der Waals surface area contributed by atoms with E-state index in [0.29, 0.717) is 44.3 Å². The lowest BCUT2D eigenvalue weighted by Crippen LogP contribution is -2.29. The van der Waals surface area contributed by atoms with Gasteiger partial charge in [0, 0.05) is 25.0 Å². The third kappa shape index (κ3) is 23.5. The monoisotopic (exact) mass is 582 g/mol. The van der Waals surface area contributed by atoms with Crippen LogP contribution in [0.15, 0.2) is 50.6 Å². The first-order chi connectivity index (χ1) is 19.4. The molecule has 0 aliphatic heterocycles. The Morgan fingerprint density at radius 1 is 0.659 bits per heavy atom. The van der Waals surface area contributed by atoms with Gasteiger partial charge >= 0.3 is 11.9 Å². The summed E-state index contributed by atoms with van der Waals surface area (Å²) in [5.41, 5.74) is 0.0644. The van der Waals surface area contributed by atoms with Crippen LogP contribution in [0, 0.1) is 10.8 Å². The molecule has 9 heteroatoms. The van der Waals surface area contributed by atoms with Gasteiger partial charge in [-0.15, -0.1) is 0 Å². The van der Waals surface area contributed by atoms with Crippen molar-refractivity contribution in [1.82, 2.24) is 0 Å². The fourth-order valence-corrected chi connectivity index (χ4v) is 3.66. The molecule has 0 saturated heterocycles. The van der Waals surface area contributed by atoms with Gasteiger partial charge in [0.05, 0.1) is 33.0 Å². The summed E-state index contributed by atoms with van der Waals surface area (Å²) in [6, 6.07) is 0. The van der Waals surface area contributed by atoms with Crippen molar-refractivity contribution in [3.8, 4) is 0 Å². The maximum absolute atomic E-state index is 11.5. The largest absolute Gasteiger partial charge is 0.478 e. The van der Waals surface area contributed by atoms with Crippen molar-refractivity contribution >= 4 is 23.5 Å². The van der Waals surface area contributed by atoms with Gasteiger partial charge in [0.2, 0.25) is 0 Å². The second-order valence-corrected chi connectivity index (χ2v) is 9.50. The number of ether oxygens (including phenoxy) is 3. The van der Waals surface area contributed by atoms with Crippen LogP contribution >= 0.6 is 0 Å². The number of allylic oxidation sites excluding steroid dienone is 2. The second-order valence-electron chi connectivity index (χ2n) is 9.50. The number of hydrogen-bond acceptors (Lipinski definition) is 8. The van der Waals surface area contributed by atoms with E-state index in [1.807, 2.05) is 6.92 Å². The number of rotatable bonds is 23. The molecule has 0 fully saturated rings. The lowest BCUT2D eigenvalue weighted by Gasteiger charge is -2.32. The van der Waals surface area contributed by atoms with Crippen molar-refractivity contribution in [2.24, 2.45) is 10.8 Å². The molecule has 9 nitrogen and oxygen atoms in total. The minimum absolute atomic E-state index is 0.0252. The summed E-state index contributed by atoms with van der Waals surface area (Å²) in [6.45, 7) is 24.0. The molecule has 0 aliphatic rings. The predicted octanol–water partition coefficient (Wildman–Crippen LogP) is 5.67. The summed E-state index contributed by atoms with van der Waals surface area (Å²) in [4.78, 5) is 43.3. The van der Waals surface area contributed by atoms with Crippen LogP contribution in [-0.4, -0.2) is 73.4 Å². The first kappa shape index (κ1) is 42.6. The summed E-state index contributed by atoms with van der Waals surface area (Å²) in [6.07, 6.45) is 10.8. The van der Waals surface area contributed by atoms with Crippen molar-refractivity contribution in [2.45, 2.75) is 79.1 Å². The Hall–Kier alpha value is -2.88.